The van der Waals surface area contributed by atoms with Crippen molar-refractivity contribution in [1.82, 2.24) is 5.32 Å². The maximum absolute atomic E-state index is 12.0. The van der Waals surface area contributed by atoms with Gasteiger partial charge in [-0.1, -0.05) is 6.07 Å². The number of methoxy groups -OCH3 is 1. The molecule has 0 bridgehead atoms. The highest BCUT2D eigenvalue weighted by atomic mass is 16.6. The summed E-state index contributed by atoms with van der Waals surface area (Å²) in [5, 5.41) is 16.6. The molecule has 7 nitrogen and oxygen atoms in total. The molecule has 0 radical (unpaired) electrons. The van der Waals surface area contributed by atoms with Crippen LogP contribution in [0.2, 0.25) is 0 Å². The number of ether oxygens (including phenoxy) is 1. The van der Waals surface area contributed by atoms with Gasteiger partial charge in [-0.15, -0.1) is 0 Å². The van der Waals surface area contributed by atoms with Gasteiger partial charge in [0.25, 0.3) is 5.69 Å². The number of rotatable bonds is 4. The average Bonchev–Trinajstić information content (AvgIpc) is 2.89. The summed E-state index contributed by atoms with van der Waals surface area (Å²) in [6.45, 7) is 2.29. The topological polar surface area (TPSA) is 93.5 Å². The highest BCUT2D eigenvalue weighted by Crippen LogP contribution is 2.22. The number of carbonyl (C=O) groups is 1. The Hall–Kier alpha value is -1.99. The molecule has 1 fully saturated rings. The molecular formula is C13H17N3O4. The van der Waals surface area contributed by atoms with Gasteiger partial charge in [0.1, 0.15) is 0 Å². The van der Waals surface area contributed by atoms with Crippen molar-refractivity contribution in [1.29, 1.82) is 0 Å². The third-order valence-electron chi connectivity index (χ3n) is 3.41. The molecule has 20 heavy (non-hydrogen) atoms. The minimum absolute atomic E-state index is 0.00282. The van der Waals surface area contributed by atoms with Crippen molar-refractivity contribution in [3.63, 3.8) is 0 Å². The average molecular weight is 279 g/mol. The third-order valence-corrected chi connectivity index (χ3v) is 3.41. The van der Waals surface area contributed by atoms with Crippen molar-refractivity contribution in [2.45, 2.75) is 25.5 Å². The van der Waals surface area contributed by atoms with Crippen LogP contribution in [-0.2, 0) is 9.53 Å². The highest BCUT2D eigenvalue weighted by molar-refractivity contribution is 5.95. The van der Waals surface area contributed by atoms with Gasteiger partial charge in [-0.2, -0.15) is 0 Å². The molecule has 1 aliphatic rings. The van der Waals surface area contributed by atoms with E-state index >= 15 is 0 Å². The normalized spacial score (nSPS) is 21.7. The van der Waals surface area contributed by atoms with Gasteiger partial charge in [-0.25, -0.2) is 0 Å². The second kappa shape index (κ2) is 5.98. The Kier molecular flexibility index (Phi) is 4.31. The molecule has 108 valence electrons. The molecule has 2 N–H and O–H groups in total. The number of nitrogens with one attached hydrogen (secondary N) is 2. The molecule has 2 rings (SSSR count). The van der Waals surface area contributed by atoms with E-state index in [9.17, 15) is 14.9 Å². The number of anilines is 1. The minimum atomic E-state index is -0.459. The Morgan fingerprint density at radius 1 is 1.55 bits per heavy atom. The number of aryl methyl sites for hydroxylation is 1. The number of nitrogens with zero attached hydrogens (tertiary/aromatic N) is 1. The summed E-state index contributed by atoms with van der Waals surface area (Å²) in [5.41, 5.74) is 0.985. The van der Waals surface area contributed by atoms with Crippen molar-refractivity contribution >= 4 is 17.3 Å². The second-order valence-corrected chi connectivity index (χ2v) is 4.80. The number of benzene rings is 1. The summed E-state index contributed by atoms with van der Waals surface area (Å²) in [5.74, 6) is -0.206. The van der Waals surface area contributed by atoms with Crippen LogP contribution in [0.15, 0.2) is 18.2 Å². The van der Waals surface area contributed by atoms with Crippen LogP contribution >= 0.6 is 0 Å². The molecule has 0 aliphatic carbocycles. The number of carbonyl (C=O) groups excluding carboxylic acids is 1. The van der Waals surface area contributed by atoms with Crippen LogP contribution in [0.5, 0.6) is 0 Å². The maximum Gasteiger partial charge on any atom is 0.274 e. The Bertz CT molecular complexity index is 532. The van der Waals surface area contributed by atoms with Crippen molar-refractivity contribution < 1.29 is 14.5 Å². The molecule has 1 aromatic rings. The van der Waals surface area contributed by atoms with Crippen LogP contribution in [0.1, 0.15) is 12.0 Å². The molecular weight excluding hydrogens is 262 g/mol. The molecule has 1 aliphatic heterocycles. The van der Waals surface area contributed by atoms with E-state index in [2.05, 4.69) is 10.6 Å². The standard InChI is InChI=1S/C13H17N3O4/c1-8-3-4-9(5-12(8)16(18)19)15-13(17)11-6-10(20-2)7-14-11/h3-5,10-11,14H,6-7H2,1-2H3,(H,15,17). The largest absolute Gasteiger partial charge is 0.380 e. The van der Waals surface area contributed by atoms with Crippen molar-refractivity contribution in [3.05, 3.63) is 33.9 Å². The summed E-state index contributed by atoms with van der Waals surface area (Å²) in [7, 11) is 1.61. The van der Waals surface area contributed by atoms with Crippen LogP contribution < -0.4 is 10.6 Å². The van der Waals surface area contributed by atoms with E-state index < -0.39 is 4.92 Å². The van der Waals surface area contributed by atoms with Gasteiger partial charge in [-0.3, -0.25) is 14.9 Å². The fraction of sp³-hybridized carbons (Fsp3) is 0.462. The zero-order chi connectivity index (χ0) is 14.7. The highest BCUT2D eigenvalue weighted by Gasteiger charge is 2.29. The first-order valence-corrected chi connectivity index (χ1v) is 6.33. The van der Waals surface area contributed by atoms with Gasteiger partial charge in [0.05, 0.1) is 17.1 Å². The molecule has 1 amide bonds. The Balaban J connectivity index is 2.05. The summed E-state index contributed by atoms with van der Waals surface area (Å²) >= 11 is 0. The van der Waals surface area contributed by atoms with E-state index in [1.54, 1.807) is 26.2 Å². The molecule has 1 aromatic carbocycles. The lowest BCUT2D eigenvalue weighted by molar-refractivity contribution is -0.385. The Morgan fingerprint density at radius 3 is 2.90 bits per heavy atom. The summed E-state index contributed by atoms with van der Waals surface area (Å²) in [6.07, 6.45) is 0.620. The number of nitro benzene ring substituents is 1. The predicted octanol–water partition coefficient (Wildman–Crippen LogP) is 1.22. The summed E-state index contributed by atoms with van der Waals surface area (Å²) in [6, 6.07) is 4.31. The van der Waals surface area contributed by atoms with Crippen molar-refractivity contribution in [3.8, 4) is 0 Å². The van der Waals surface area contributed by atoms with Gasteiger partial charge in [0, 0.05) is 31.0 Å². The molecule has 1 heterocycles. The van der Waals surface area contributed by atoms with Gasteiger partial charge >= 0.3 is 0 Å². The van der Waals surface area contributed by atoms with Crippen LogP contribution in [0.25, 0.3) is 0 Å². The first-order valence-electron chi connectivity index (χ1n) is 6.33. The molecule has 0 aromatic heterocycles. The molecule has 7 heteroatoms. The quantitative estimate of drug-likeness (QED) is 0.638. The SMILES string of the molecule is COC1CNC(C(=O)Nc2ccc(C)c([N+](=O)[O-])c2)C1. The summed E-state index contributed by atoms with van der Waals surface area (Å²) in [4.78, 5) is 22.4. The van der Waals surface area contributed by atoms with E-state index in [1.165, 1.54) is 6.07 Å². The molecule has 0 saturated carbocycles. The first kappa shape index (κ1) is 14.4. The lowest BCUT2D eigenvalue weighted by Gasteiger charge is -2.11. The van der Waals surface area contributed by atoms with Crippen molar-refractivity contribution in [2.75, 3.05) is 19.0 Å². The van der Waals surface area contributed by atoms with Gasteiger partial charge in [0.2, 0.25) is 5.91 Å². The molecule has 1 saturated heterocycles. The monoisotopic (exact) mass is 279 g/mol. The van der Waals surface area contributed by atoms with Crippen LogP contribution in [0.3, 0.4) is 0 Å². The molecule has 2 atom stereocenters. The zero-order valence-electron chi connectivity index (χ0n) is 11.4. The molecule has 2 unspecified atom stereocenters. The Labute approximate surface area is 116 Å². The fourth-order valence-electron chi connectivity index (χ4n) is 2.20. The fourth-order valence-corrected chi connectivity index (χ4v) is 2.20. The summed E-state index contributed by atoms with van der Waals surface area (Å²) < 4.78 is 5.18. The van der Waals surface area contributed by atoms with E-state index in [1.807, 2.05) is 0 Å². The zero-order valence-corrected chi connectivity index (χ0v) is 11.4. The van der Waals surface area contributed by atoms with Crippen molar-refractivity contribution in [2.24, 2.45) is 0 Å². The van der Waals surface area contributed by atoms with E-state index in [0.29, 0.717) is 24.2 Å². The number of hydrogen-bond donors (Lipinski definition) is 2. The van der Waals surface area contributed by atoms with Gasteiger partial charge in [-0.05, 0) is 19.4 Å². The lowest BCUT2D eigenvalue weighted by Crippen LogP contribution is -2.35. The van der Waals surface area contributed by atoms with Crippen LogP contribution in [0.4, 0.5) is 11.4 Å². The lowest BCUT2D eigenvalue weighted by atomic mass is 10.1. The smallest absolute Gasteiger partial charge is 0.274 e. The van der Waals surface area contributed by atoms with E-state index in [-0.39, 0.29) is 23.7 Å². The number of hydrogen-bond acceptors (Lipinski definition) is 5. The second-order valence-electron chi connectivity index (χ2n) is 4.80. The van der Waals surface area contributed by atoms with Crippen LogP contribution in [0, 0.1) is 17.0 Å². The van der Waals surface area contributed by atoms with E-state index in [4.69, 9.17) is 4.74 Å². The number of nitro groups is 1. The predicted molar refractivity (Wildman–Crippen MR) is 73.7 cm³/mol. The third kappa shape index (κ3) is 3.12. The maximum atomic E-state index is 12.0. The number of amides is 1. The van der Waals surface area contributed by atoms with Gasteiger partial charge < -0.3 is 15.4 Å². The van der Waals surface area contributed by atoms with Gasteiger partial charge in [0.15, 0.2) is 0 Å². The van der Waals surface area contributed by atoms with E-state index in [0.717, 1.165) is 0 Å². The first-order chi connectivity index (χ1) is 9.51. The Morgan fingerprint density at radius 2 is 2.30 bits per heavy atom. The minimum Gasteiger partial charge on any atom is -0.380 e. The molecule has 0 spiro atoms. The van der Waals surface area contributed by atoms with Crippen LogP contribution in [-0.4, -0.2) is 36.6 Å².